The van der Waals surface area contributed by atoms with Crippen LogP contribution in [0.15, 0.2) is 30.3 Å². The van der Waals surface area contributed by atoms with Gasteiger partial charge >= 0.3 is 0 Å². The van der Waals surface area contributed by atoms with Gasteiger partial charge in [0.1, 0.15) is 11.6 Å². The fraction of sp³-hybridized carbons (Fsp3) is 0.154. The Morgan fingerprint density at radius 2 is 1.94 bits per heavy atom. The van der Waals surface area contributed by atoms with Crippen LogP contribution in [0.5, 0.6) is 0 Å². The average Bonchev–Trinajstić information content (AvgIpc) is 2.27. The van der Waals surface area contributed by atoms with Crippen LogP contribution in [0.1, 0.15) is 21.7 Å². The molecule has 18 heavy (non-hydrogen) atoms. The van der Waals surface area contributed by atoms with Gasteiger partial charge in [-0.2, -0.15) is 0 Å². The SMILES string of the molecule is Cc1cc(C(=O)Nc2cccc(C)n2)cc(N)n1. The van der Waals surface area contributed by atoms with E-state index >= 15 is 0 Å². The standard InChI is InChI=1S/C13H14N4O/c1-8-4-3-5-12(16-8)17-13(18)10-6-9(2)15-11(14)7-10/h3-7H,1-2H3,(H2,14,15)(H,16,17,18). The lowest BCUT2D eigenvalue weighted by Crippen LogP contribution is -2.14. The smallest absolute Gasteiger partial charge is 0.257 e. The van der Waals surface area contributed by atoms with E-state index in [1.165, 1.54) is 6.07 Å². The maximum atomic E-state index is 12.0. The molecule has 3 N–H and O–H groups in total. The van der Waals surface area contributed by atoms with Crippen molar-refractivity contribution in [2.45, 2.75) is 13.8 Å². The molecule has 0 spiro atoms. The van der Waals surface area contributed by atoms with Crippen molar-refractivity contribution < 1.29 is 4.79 Å². The molecule has 5 heteroatoms. The summed E-state index contributed by atoms with van der Waals surface area (Å²) in [6, 6.07) is 8.66. The number of carbonyl (C=O) groups is 1. The summed E-state index contributed by atoms with van der Waals surface area (Å²) in [6.07, 6.45) is 0. The molecule has 2 aromatic heterocycles. The molecular weight excluding hydrogens is 228 g/mol. The van der Waals surface area contributed by atoms with Gasteiger partial charge in [-0.3, -0.25) is 4.79 Å². The Morgan fingerprint density at radius 3 is 2.61 bits per heavy atom. The van der Waals surface area contributed by atoms with Crippen LogP contribution in [-0.2, 0) is 0 Å². The Morgan fingerprint density at radius 1 is 1.17 bits per heavy atom. The Labute approximate surface area is 105 Å². The van der Waals surface area contributed by atoms with Crippen molar-refractivity contribution in [3.63, 3.8) is 0 Å². The minimum Gasteiger partial charge on any atom is -0.384 e. The number of anilines is 2. The first-order chi connectivity index (χ1) is 8.54. The van der Waals surface area contributed by atoms with E-state index in [0.29, 0.717) is 22.9 Å². The van der Waals surface area contributed by atoms with Crippen molar-refractivity contribution in [2.75, 3.05) is 11.1 Å². The van der Waals surface area contributed by atoms with Crippen molar-refractivity contribution in [3.05, 3.63) is 47.3 Å². The summed E-state index contributed by atoms with van der Waals surface area (Å²) < 4.78 is 0. The molecule has 2 rings (SSSR count). The zero-order valence-corrected chi connectivity index (χ0v) is 10.3. The fourth-order valence-electron chi connectivity index (χ4n) is 1.63. The maximum absolute atomic E-state index is 12.0. The minimum atomic E-state index is -0.245. The van der Waals surface area contributed by atoms with E-state index in [9.17, 15) is 4.79 Å². The molecule has 0 aliphatic rings. The molecule has 0 radical (unpaired) electrons. The Balaban J connectivity index is 2.22. The number of hydrogen-bond acceptors (Lipinski definition) is 4. The van der Waals surface area contributed by atoms with Crippen LogP contribution >= 0.6 is 0 Å². The van der Waals surface area contributed by atoms with E-state index in [0.717, 1.165) is 5.69 Å². The molecule has 0 aliphatic carbocycles. The first-order valence-electron chi connectivity index (χ1n) is 5.54. The fourth-order valence-corrected chi connectivity index (χ4v) is 1.63. The summed E-state index contributed by atoms with van der Waals surface area (Å²) in [4.78, 5) is 20.2. The summed E-state index contributed by atoms with van der Waals surface area (Å²) in [6.45, 7) is 3.66. The van der Waals surface area contributed by atoms with Gasteiger partial charge in [0, 0.05) is 17.0 Å². The second kappa shape index (κ2) is 4.83. The van der Waals surface area contributed by atoms with Gasteiger partial charge in [0.2, 0.25) is 0 Å². The van der Waals surface area contributed by atoms with E-state index in [-0.39, 0.29) is 5.91 Å². The van der Waals surface area contributed by atoms with Gasteiger partial charge in [0.15, 0.2) is 0 Å². The number of nitrogens with two attached hydrogens (primary N) is 1. The number of aromatic nitrogens is 2. The second-order valence-corrected chi connectivity index (χ2v) is 4.04. The van der Waals surface area contributed by atoms with Gasteiger partial charge in [-0.05, 0) is 38.1 Å². The maximum Gasteiger partial charge on any atom is 0.257 e. The molecule has 0 aliphatic heterocycles. The van der Waals surface area contributed by atoms with Crippen molar-refractivity contribution in [2.24, 2.45) is 0 Å². The topological polar surface area (TPSA) is 80.9 Å². The Bertz CT molecular complexity index is 575. The number of amides is 1. The normalized spacial score (nSPS) is 10.1. The second-order valence-electron chi connectivity index (χ2n) is 4.04. The third kappa shape index (κ3) is 2.82. The highest BCUT2D eigenvalue weighted by Gasteiger charge is 2.08. The summed E-state index contributed by atoms with van der Waals surface area (Å²) in [5, 5.41) is 2.72. The van der Waals surface area contributed by atoms with Crippen LogP contribution in [0.4, 0.5) is 11.6 Å². The third-order valence-electron chi connectivity index (χ3n) is 2.37. The predicted molar refractivity (Wildman–Crippen MR) is 70.3 cm³/mol. The molecule has 1 amide bonds. The molecule has 2 aromatic rings. The lowest BCUT2D eigenvalue weighted by Gasteiger charge is -2.06. The highest BCUT2D eigenvalue weighted by molar-refractivity contribution is 6.04. The molecule has 0 fully saturated rings. The van der Waals surface area contributed by atoms with Gasteiger partial charge < -0.3 is 11.1 Å². The highest BCUT2D eigenvalue weighted by Crippen LogP contribution is 2.10. The van der Waals surface area contributed by atoms with Crippen LogP contribution in [0, 0.1) is 13.8 Å². The molecule has 2 heterocycles. The molecule has 0 bridgehead atoms. The number of carbonyl (C=O) groups excluding carboxylic acids is 1. The lowest BCUT2D eigenvalue weighted by molar-refractivity contribution is 0.102. The first kappa shape index (κ1) is 12.0. The summed E-state index contributed by atoms with van der Waals surface area (Å²) >= 11 is 0. The van der Waals surface area contributed by atoms with Crippen LogP contribution in [0.25, 0.3) is 0 Å². The predicted octanol–water partition coefficient (Wildman–Crippen LogP) is 1.93. The highest BCUT2D eigenvalue weighted by atomic mass is 16.1. The van der Waals surface area contributed by atoms with Gasteiger partial charge in [-0.25, -0.2) is 9.97 Å². The number of rotatable bonds is 2. The molecule has 5 nitrogen and oxygen atoms in total. The average molecular weight is 242 g/mol. The summed E-state index contributed by atoms with van der Waals surface area (Å²) in [7, 11) is 0. The molecular formula is C13H14N4O. The molecule has 92 valence electrons. The lowest BCUT2D eigenvalue weighted by atomic mass is 10.2. The number of nitrogens with zero attached hydrogens (tertiary/aromatic N) is 2. The number of hydrogen-bond donors (Lipinski definition) is 2. The molecule has 0 saturated heterocycles. The van der Waals surface area contributed by atoms with Gasteiger partial charge in [0.05, 0.1) is 0 Å². The van der Waals surface area contributed by atoms with Crippen molar-refractivity contribution in [1.82, 2.24) is 9.97 Å². The van der Waals surface area contributed by atoms with Crippen molar-refractivity contribution >= 4 is 17.5 Å². The Kier molecular flexibility index (Phi) is 3.23. The number of aryl methyl sites for hydroxylation is 2. The zero-order chi connectivity index (χ0) is 13.1. The van der Waals surface area contributed by atoms with Gasteiger partial charge in [-0.15, -0.1) is 0 Å². The van der Waals surface area contributed by atoms with Gasteiger partial charge in [-0.1, -0.05) is 6.07 Å². The number of nitrogen functional groups attached to an aromatic ring is 1. The van der Waals surface area contributed by atoms with E-state index in [1.54, 1.807) is 19.1 Å². The number of pyridine rings is 2. The zero-order valence-electron chi connectivity index (χ0n) is 10.3. The molecule has 0 aromatic carbocycles. The van der Waals surface area contributed by atoms with Crippen LogP contribution in [-0.4, -0.2) is 15.9 Å². The quantitative estimate of drug-likeness (QED) is 0.843. The molecule has 0 atom stereocenters. The summed E-state index contributed by atoms with van der Waals surface area (Å²) in [5.41, 5.74) is 7.63. The minimum absolute atomic E-state index is 0.245. The van der Waals surface area contributed by atoms with Crippen LogP contribution in [0.3, 0.4) is 0 Å². The molecule has 0 saturated carbocycles. The van der Waals surface area contributed by atoms with E-state index in [1.807, 2.05) is 19.1 Å². The van der Waals surface area contributed by atoms with Gasteiger partial charge in [0.25, 0.3) is 5.91 Å². The number of nitrogens with one attached hydrogen (secondary N) is 1. The molecule has 0 unspecified atom stereocenters. The van der Waals surface area contributed by atoms with E-state index in [4.69, 9.17) is 5.73 Å². The van der Waals surface area contributed by atoms with E-state index in [2.05, 4.69) is 15.3 Å². The largest absolute Gasteiger partial charge is 0.384 e. The van der Waals surface area contributed by atoms with E-state index < -0.39 is 0 Å². The van der Waals surface area contributed by atoms with Crippen molar-refractivity contribution in [3.8, 4) is 0 Å². The monoisotopic (exact) mass is 242 g/mol. The van der Waals surface area contributed by atoms with Crippen LogP contribution in [0.2, 0.25) is 0 Å². The summed E-state index contributed by atoms with van der Waals surface area (Å²) in [5.74, 6) is 0.607. The van der Waals surface area contributed by atoms with Crippen LogP contribution < -0.4 is 11.1 Å². The third-order valence-corrected chi connectivity index (χ3v) is 2.37. The Hall–Kier alpha value is -2.43. The first-order valence-corrected chi connectivity index (χ1v) is 5.54. The van der Waals surface area contributed by atoms with Crippen molar-refractivity contribution in [1.29, 1.82) is 0 Å².